The predicted octanol–water partition coefficient (Wildman–Crippen LogP) is 3.01. The van der Waals surface area contributed by atoms with Gasteiger partial charge in [-0.3, -0.25) is 0 Å². The van der Waals surface area contributed by atoms with Crippen molar-refractivity contribution in [3.05, 3.63) is 0 Å². The Morgan fingerprint density at radius 3 is 2.15 bits per heavy atom. The Bertz CT molecular complexity index is 182. The first kappa shape index (κ1) is 11.0. The molecule has 1 atom stereocenters. The highest BCUT2D eigenvalue weighted by Crippen LogP contribution is 2.40. The molecule has 1 aliphatic heterocycles. The molecule has 1 saturated heterocycles. The third kappa shape index (κ3) is 2.70. The molecular formula is C12H25N. The quantitative estimate of drug-likeness (QED) is 0.558. The van der Waals surface area contributed by atoms with Gasteiger partial charge in [-0.1, -0.05) is 34.6 Å². The monoisotopic (exact) mass is 183 g/mol. The molecule has 0 aromatic carbocycles. The zero-order valence-corrected chi connectivity index (χ0v) is 10.1. The molecule has 0 N–H and O–H groups in total. The number of hydrogen-bond acceptors (Lipinski definition) is 1. The van der Waals surface area contributed by atoms with E-state index in [9.17, 15) is 0 Å². The Kier molecular flexibility index (Phi) is 2.78. The van der Waals surface area contributed by atoms with Gasteiger partial charge in [0.1, 0.15) is 0 Å². The lowest BCUT2D eigenvalue weighted by Gasteiger charge is -2.32. The largest absolute Gasteiger partial charge is 0.305 e. The lowest BCUT2D eigenvalue weighted by Crippen LogP contribution is -2.33. The second-order valence-electron chi connectivity index (χ2n) is 6.43. The molecule has 78 valence electrons. The summed E-state index contributed by atoms with van der Waals surface area (Å²) in [5, 5.41) is 0. The molecule has 1 aliphatic rings. The summed E-state index contributed by atoms with van der Waals surface area (Å²) in [6.07, 6.45) is 1.35. The fourth-order valence-electron chi connectivity index (χ4n) is 2.81. The molecule has 0 radical (unpaired) electrons. The zero-order valence-electron chi connectivity index (χ0n) is 10.1. The summed E-state index contributed by atoms with van der Waals surface area (Å²) in [5.74, 6) is 0.826. The maximum atomic E-state index is 2.49. The maximum absolute atomic E-state index is 2.49. The van der Waals surface area contributed by atoms with E-state index in [1.807, 2.05) is 0 Å². The van der Waals surface area contributed by atoms with Crippen molar-refractivity contribution in [1.82, 2.24) is 4.90 Å². The fourth-order valence-corrected chi connectivity index (χ4v) is 2.81. The van der Waals surface area contributed by atoms with Crippen LogP contribution in [0.4, 0.5) is 0 Å². The van der Waals surface area contributed by atoms with Gasteiger partial charge in [0.05, 0.1) is 0 Å². The highest BCUT2D eigenvalue weighted by molar-refractivity contribution is 4.88. The smallest absolute Gasteiger partial charge is 0.00324 e. The van der Waals surface area contributed by atoms with Gasteiger partial charge in [-0.2, -0.15) is 0 Å². The van der Waals surface area contributed by atoms with Crippen molar-refractivity contribution < 1.29 is 0 Å². The Hall–Kier alpha value is -0.0400. The van der Waals surface area contributed by atoms with Crippen molar-refractivity contribution in [2.45, 2.75) is 41.0 Å². The molecule has 13 heavy (non-hydrogen) atoms. The average molecular weight is 183 g/mol. The van der Waals surface area contributed by atoms with Crippen LogP contribution < -0.4 is 0 Å². The van der Waals surface area contributed by atoms with Crippen LogP contribution >= 0.6 is 0 Å². The van der Waals surface area contributed by atoms with E-state index in [0.717, 1.165) is 5.92 Å². The van der Waals surface area contributed by atoms with Crippen LogP contribution in [0.1, 0.15) is 41.0 Å². The number of rotatable bonds is 0. The highest BCUT2D eigenvalue weighted by atomic mass is 15.1. The van der Waals surface area contributed by atoms with E-state index in [2.05, 4.69) is 46.6 Å². The molecule has 0 saturated carbocycles. The van der Waals surface area contributed by atoms with Crippen LogP contribution in [0.5, 0.6) is 0 Å². The van der Waals surface area contributed by atoms with Gasteiger partial charge in [-0.15, -0.1) is 0 Å². The molecule has 0 bridgehead atoms. The molecule has 1 heterocycles. The number of hydrogen-bond donors (Lipinski definition) is 0. The van der Waals surface area contributed by atoms with Crippen LogP contribution in [0.15, 0.2) is 0 Å². The van der Waals surface area contributed by atoms with Crippen molar-refractivity contribution >= 4 is 0 Å². The maximum Gasteiger partial charge on any atom is 0.00324 e. The average Bonchev–Trinajstić information content (AvgIpc) is 1.85. The van der Waals surface area contributed by atoms with Gasteiger partial charge in [-0.05, 0) is 30.2 Å². The Balaban J connectivity index is 2.80. The van der Waals surface area contributed by atoms with E-state index < -0.39 is 0 Å². The minimum atomic E-state index is 0.475. The third-order valence-electron chi connectivity index (χ3n) is 3.57. The molecule has 0 aromatic heterocycles. The predicted molar refractivity (Wildman–Crippen MR) is 58.8 cm³/mol. The Labute approximate surface area is 83.5 Å². The normalized spacial score (nSPS) is 34.2. The summed E-state index contributed by atoms with van der Waals surface area (Å²) in [4.78, 5) is 2.49. The van der Waals surface area contributed by atoms with Crippen LogP contribution in [-0.4, -0.2) is 25.0 Å². The zero-order chi connectivity index (χ0) is 10.3. The summed E-state index contributed by atoms with van der Waals surface area (Å²) >= 11 is 0. The first-order chi connectivity index (χ1) is 5.73. The van der Waals surface area contributed by atoms with Crippen molar-refractivity contribution in [1.29, 1.82) is 0 Å². The molecular weight excluding hydrogens is 158 g/mol. The van der Waals surface area contributed by atoms with Crippen LogP contribution in [0.2, 0.25) is 0 Å². The minimum absolute atomic E-state index is 0.475. The molecule has 1 nitrogen and oxygen atoms in total. The number of likely N-dealkylation sites (tertiary alicyclic amines) is 1. The molecule has 1 fully saturated rings. The number of nitrogens with zero attached hydrogens (tertiary/aromatic N) is 1. The van der Waals surface area contributed by atoms with E-state index in [4.69, 9.17) is 0 Å². The molecule has 1 unspecified atom stereocenters. The van der Waals surface area contributed by atoms with Gasteiger partial charge >= 0.3 is 0 Å². The van der Waals surface area contributed by atoms with Crippen molar-refractivity contribution in [2.75, 3.05) is 20.1 Å². The van der Waals surface area contributed by atoms with Gasteiger partial charge in [0, 0.05) is 13.1 Å². The molecule has 1 heteroatoms. The minimum Gasteiger partial charge on any atom is -0.305 e. The molecule has 0 aromatic rings. The fraction of sp³-hybridized carbons (Fsp3) is 1.00. The SMILES string of the molecule is CC1CC(C)(C)CN(C)CC1(C)C. The molecule has 0 spiro atoms. The van der Waals surface area contributed by atoms with Gasteiger partial charge in [0.2, 0.25) is 0 Å². The Morgan fingerprint density at radius 1 is 1.08 bits per heavy atom. The topological polar surface area (TPSA) is 3.24 Å². The van der Waals surface area contributed by atoms with Gasteiger partial charge in [-0.25, -0.2) is 0 Å². The first-order valence-electron chi connectivity index (χ1n) is 5.41. The molecule has 1 rings (SSSR count). The van der Waals surface area contributed by atoms with E-state index in [1.54, 1.807) is 0 Å². The van der Waals surface area contributed by atoms with Gasteiger partial charge in [0.25, 0.3) is 0 Å². The highest BCUT2D eigenvalue weighted by Gasteiger charge is 2.36. The molecule has 0 aliphatic carbocycles. The van der Waals surface area contributed by atoms with E-state index in [1.165, 1.54) is 19.5 Å². The van der Waals surface area contributed by atoms with E-state index in [-0.39, 0.29) is 0 Å². The second kappa shape index (κ2) is 3.27. The summed E-state index contributed by atoms with van der Waals surface area (Å²) in [5.41, 5.74) is 0.963. The van der Waals surface area contributed by atoms with Crippen LogP contribution in [0.3, 0.4) is 0 Å². The van der Waals surface area contributed by atoms with Crippen molar-refractivity contribution in [3.8, 4) is 0 Å². The summed E-state index contributed by atoms with van der Waals surface area (Å²) < 4.78 is 0. The van der Waals surface area contributed by atoms with Gasteiger partial charge < -0.3 is 4.90 Å². The van der Waals surface area contributed by atoms with Crippen LogP contribution in [0, 0.1) is 16.7 Å². The summed E-state index contributed by atoms with van der Waals surface area (Å²) in [7, 11) is 2.25. The summed E-state index contributed by atoms with van der Waals surface area (Å²) in [6.45, 7) is 14.5. The van der Waals surface area contributed by atoms with Gasteiger partial charge in [0.15, 0.2) is 0 Å². The molecule has 0 amide bonds. The summed E-state index contributed by atoms with van der Waals surface area (Å²) in [6, 6.07) is 0. The van der Waals surface area contributed by atoms with E-state index in [0.29, 0.717) is 10.8 Å². The van der Waals surface area contributed by atoms with Crippen LogP contribution in [0.25, 0.3) is 0 Å². The van der Waals surface area contributed by atoms with Crippen LogP contribution in [-0.2, 0) is 0 Å². The van der Waals surface area contributed by atoms with Crippen molar-refractivity contribution in [3.63, 3.8) is 0 Å². The van der Waals surface area contributed by atoms with E-state index >= 15 is 0 Å². The van der Waals surface area contributed by atoms with Crippen molar-refractivity contribution in [2.24, 2.45) is 16.7 Å². The lowest BCUT2D eigenvalue weighted by molar-refractivity contribution is 0.175. The standard InChI is InChI=1S/C12H25N/c1-10-7-11(2,3)8-13(6)9-12(10,4)5/h10H,7-9H2,1-6H3. The lowest BCUT2D eigenvalue weighted by atomic mass is 9.73. The second-order valence-corrected chi connectivity index (χ2v) is 6.43. The third-order valence-corrected chi connectivity index (χ3v) is 3.57. The Morgan fingerprint density at radius 2 is 1.62 bits per heavy atom. The first-order valence-corrected chi connectivity index (χ1v) is 5.41.